The zero-order valence-electron chi connectivity index (χ0n) is 15.6. The predicted octanol–water partition coefficient (Wildman–Crippen LogP) is 7.29. The quantitative estimate of drug-likeness (QED) is 0.414. The van der Waals surface area contributed by atoms with Gasteiger partial charge >= 0.3 is 0 Å². The Hall–Kier alpha value is -3.52. The van der Waals surface area contributed by atoms with Gasteiger partial charge in [-0.2, -0.15) is 0 Å². The van der Waals surface area contributed by atoms with Gasteiger partial charge in [0.15, 0.2) is 0 Å². The molecule has 1 heterocycles. The summed E-state index contributed by atoms with van der Waals surface area (Å²) in [6.45, 7) is 17.9. The summed E-state index contributed by atoms with van der Waals surface area (Å²) in [4.78, 5) is 2.07. The predicted molar refractivity (Wildman–Crippen MR) is 118 cm³/mol. The molecule has 0 saturated carbocycles. The van der Waals surface area contributed by atoms with E-state index in [-0.39, 0.29) is 0 Å². The number of anilines is 1. The Balaban J connectivity index is 2.15. The second-order valence-corrected chi connectivity index (χ2v) is 6.22. The first-order chi connectivity index (χ1) is 13.1. The standard InChI is InChI=1S/C25H23NO/c1-6-8-12-18(3)20(5)26(19(4)11-7-2)21-15-16-25-23(17-21)22-13-9-10-14-24(22)27-25/h6-17H,1-3,5H2,4H3/b12-8-,19-11+. The first-order valence-corrected chi connectivity index (χ1v) is 8.75. The average Bonchev–Trinajstić information content (AvgIpc) is 3.04. The molecule has 0 bridgehead atoms. The van der Waals surface area contributed by atoms with Crippen LogP contribution in [0.15, 0.2) is 121 Å². The first kappa shape index (κ1) is 18.3. The second-order valence-electron chi connectivity index (χ2n) is 6.22. The fourth-order valence-corrected chi connectivity index (χ4v) is 3.09. The Morgan fingerprint density at radius 3 is 2.44 bits per heavy atom. The highest BCUT2D eigenvalue weighted by molar-refractivity contribution is 6.06. The maximum absolute atomic E-state index is 5.94. The molecule has 0 saturated heterocycles. The molecular weight excluding hydrogens is 330 g/mol. The van der Waals surface area contributed by atoms with E-state index < -0.39 is 0 Å². The zero-order chi connectivity index (χ0) is 19.4. The van der Waals surface area contributed by atoms with Gasteiger partial charge in [-0.05, 0) is 42.8 Å². The van der Waals surface area contributed by atoms with Gasteiger partial charge < -0.3 is 9.32 Å². The first-order valence-electron chi connectivity index (χ1n) is 8.75. The minimum atomic E-state index is 0.788. The van der Waals surface area contributed by atoms with Crippen molar-refractivity contribution >= 4 is 27.6 Å². The molecule has 0 atom stereocenters. The molecule has 3 rings (SSSR count). The van der Waals surface area contributed by atoms with Crippen molar-refractivity contribution in [2.75, 3.05) is 4.90 Å². The van der Waals surface area contributed by atoms with Gasteiger partial charge in [0.05, 0.1) is 0 Å². The van der Waals surface area contributed by atoms with Crippen LogP contribution in [-0.2, 0) is 0 Å². The molecule has 2 aromatic carbocycles. The maximum atomic E-state index is 5.94. The topological polar surface area (TPSA) is 16.4 Å². The Labute approximate surface area is 160 Å². The van der Waals surface area contributed by atoms with Crippen molar-refractivity contribution in [2.24, 2.45) is 0 Å². The van der Waals surface area contributed by atoms with Crippen LogP contribution >= 0.6 is 0 Å². The molecule has 0 amide bonds. The highest BCUT2D eigenvalue weighted by atomic mass is 16.3. The number of hydrogen-bond acceptors (Lipinski definition) is 2. The van der Waals surface area contributed by atoms with E-state index in [0.717, 1.165) is 44.6 Å². The fraction of sp³-hybridized carbons (Fsp3) is 0.0400. The summed E-state index contributed by atoms with van der Waals surface area (Å²) >= 11 is 0. The van der Waals surface area contributed by atoms with Crippen LogP contribution in [0.5, 0.6) is 0 Å². The van der Waals surface area contributed by atoms with E-state index in [9.17, 15) is 0 Å². The number of allylic oxidation sites excluding steroid dienone is 6. The second kappa shape index (κ2) is 7.79. The lowest BCUT2D eigenvalue weighted by molar-refractivity contribution is 0.669. The highest BCUT2D eigenvalue weighted by Crippen LogP contribution is 2.34. The molecule has 134 valence electrons. The smallest absolute Gasteiger partial charge is 0.135 e. The van der Waals surface area contributed by atoms with Crippen LogP contribution in [0, 0.1) is 0 Å². The number of fused-ring (bicyclic) bond motifs is 3. The molecule has 0 aliphatic carbocycles. The molecule has 2 nitrogen and oxygen atoms in total. The summed E-state index contributed by atoms with van der Waals surface area (Å²) in [5, 5.41) is 2.16. The summed E-state index contributed by atoms with van der Waals surface area (Å²) in [7, 11) is 0. The zero-order valence-corrected chi connectivity index (χ0v) is 15.6. The lowest BCUT2D eigenvalue weighted by Crippen LogP contribution is -2.20. The maximum Gasteiger partial charge on any atom is 0.135 e. The average molecular weight is 353 g/mol. The molecule has 0 aliphatic rings. The molecule has 1 aromatic heterocycles. The molecule has 0 N–H and O–H groups in total. The SMILES string of the molecule is C=C/C=C\C(=C)C(=C)N(/C(C)=C/C=C)c1ccc2oc3ccccc3c2c1. The summed E-state index contributed by atoms with van der Waals surface area (Å²) in [6, 6.07) is 14.2. The fourth-order valence-electron chi connectivity index (χ4n) is 3.09. The van der Waals surface area contributed by atoms with E-state index in [1.54, 1.807) is 12.2 Å². The molecule has 0 radical (unpaired) electrons. The molecule has 0 aliphatic heterocycles. The Bertz CT molecular complexity index is 1110. The molecule has 3 aromatic rings. The summed E-state index contributed by atoms with van der Waals surface area (Å²) < 4.78 is 5.94. The molecule has 0 fully saturated rings. The van der Waals surface area contributed by atoms with Crippen molar-refractivity contribution in [3.05, 3.63) is 116 Å². The van der Waals surface area contributed by atoms with Crippen molar-refractivity contribution in [3.8, 4) is 0 Å². The van der Waals surface area contributed by atoms with Crippen molar-refractivity contribution in [1.29, 1.82) is 0 Å². The Morgan fingerprint density at radius 1 is 0.963 bits per heavy atom. The van der Waals surface area contributed by atoms with E-state index in [1.165, 1.54) is 0 Å². The monoisotopic (exact) mass is 353 g/mol. The van der Waals surface area contributed by atoms with Crippen molar-refractivity contribution in [3.63, 3.8) is 0 Å². The molecule has 0 unspecified atom stereocenters. The number of nitrogens with zero attached hydrogens (tertiary/aromatic N) is 1. The Morgan fingerprint density at radius 2 is 1.70 bits per heavy atom. The van der Waals surface area contributed by atoms with E-state index in [1.807, 2.05) is 55.5 Å². The van der Waals surface area contributed by atoms with Gasteiger partial charge in [-0.3, -0.25) is 0 Å². The van der Waals surface area contributed by atoms with Gasteiger partial charge in [0.2, 0.25) is 0 Å². The van der Waals surface area contributed by atoms with Gasteiger partial charge in [0.25, 0.3) is 0 Å². The summed E-state index contributed by atoms with van der Waals surface area (Å²) in [5.41, 5.74) is 5.32. The third kappa shape index (κ3) is 3.56. The van der Waals surface area contributed by atoms with E-state index >= 15 is 0 Å². The minimum Gasteiger partial charge on any atom is -0.456 e. The molecule has 2 heteroatoms. The van der Waals surface area contributed by atoms with Crippen LogP contribution in [0.2, 0.25) is 0 Å². The lowest BCUT2D eigenvalue weighted by atomic mass is 10.1. The van der Waals surface area contributed by atoms with Crippen LogP contribution in [0.4, 0.5) is 5.69 Å². The third-order valence-electron chi connectivity index (χ3n) is 4.40. The normalized spacial score (nSPS) is 11.8. The van der Waals surface area contributed by atoms with Gasteiger partial charge in [-0.1, -0.05) is 68.8 Å². The highest BCUT2D eigenvalue weighted by Gasteiger charge is 2.16. The van der Waals surface area contributed by atoms with Gasteiger partial charge in [0.1, 0.15) is 11.2 Å². The van der Waals surface area contributed by atoms with Gasteiger partial charge in [-0.25, -0.2) is 0 Å². The lowest BCUT2D eigenvalue weighted by Gasteiger charge is -2.28. The van der Waals surface area contributed by atoms with Crippen LogP contribution in [0.1, 0.15) is 6.92 Å². The van der Waals surface area contributed by atoms with Crippen LogP contribution in [0.25, 0.3) is 21.9 Å². The van der Waals surface area contributed by atoms with Crippen molar-refractivity contribution in [2.45, 2.75) is 6.92 Å². The van der Waals surface area contributed by atoms with E-state index in [2.05, 4.69) is 43.3 Å². The Kier molecular flexibility index (Phi) is 5.28. The van der Waals surface area contributed by atoms with Crippen LogP contribution in [0.3, 0.4) is 0 Å². The minimum absolute atomic E-state index is 0.788. The van der Waals surface area contributed by atoms with Gasteiger partial charge in [-0.15, -0.1) is 0 Å². The van der Waals surface area contributed by atoms with Gasteiger partial charge in [0, 0.05) is 27.9 Å². The molecule has 0 spiro atoms. The molecular formula is C25H23NO. The summed E-state index contributed by atoms with van der Waals surface area (Å²) in [6.07, 6.45) is 9.19. The number of rotatable bonds is 7. The van der Waals surface area contributed by atoms with E-state index in [4.69, 9.17) is 4.42 Å². The number of benzene rings is 2. The van der Waals surface area contributed by atoms with Crippen molar-refractivity contribution in [1.82, 2.24) is 0 Å². The molecule has 27 heavy (non-hydrogen) atoms. The summed E-state index contributed by atoms with van der Waals surface area (Å²) in [5.74, 6) is 0. The third-order valence-corrected chi connectivity index (χ3v) is 4.40. The number of para-hydroxylation sites is 1. The van der Waals surface area contributed by atoms with Crippen LogP contribution in [-0.4, -0.2) is 0 Å². The largest absolute Gasteiger partial charge is 0.456 e. The van der Waals surface area contributed by atoms with Crippen LogP contribution < -0.4 is 4.90 Å². The van der Waals surface area contributed by atoms with E-state index in [0.29, 0.717) is 0 Å². The number of furan rings is 1. The van der Waals surface area contributed by atoms with Crippen molar-refractivity contribution < 1.29 is 4.42 Å². The number of hydrogen-bond donors (Lipinski definition) is 0.